The van der Waals surface area contributed by atoms with E-state index >= 15 is 0 Å². The van der Waals surface area contributed by atoms with Crippen molar-refractivity contribution in [3.05, 3.63) is 65.5 Å². The molecule has 1 aliphatic rings. The molecule has 2 aromatic rings. The van der Waals surface area contributed by atoms with Gasteiger partial charge in [-0.25, -0.2) is 12.8 Å². The summed E-state index contributed by atoms with van der Waals surface area (Å²) in [6.07, 6.45) is 0. The highest BCUT2D eigenvalue weighted by Gasteiger charge is 2.30. The third-order valence-corrected chi connectivity index (χ3v) is 6.34. The number of quaternary nitrogens is 1. The molecule has 0 aliphatic carbocycles. The van der Waals surface area contributed by atoms with E-state index in [-0.39, 0.29) is 5.82 Å². The van der Waals surface area contributed by atoms with Crippen molar-refractivity contribution in [2.24, 2.45) is 0 Å². The van der Waals surface area contributed by atoms with E-state index in [9.17, 15) is 12.8 Å². The molecule has 3 rings (SSSR count). The summed E-state index contributed by atoms with van der Waals surface area (Å²) in [4.78, 5) is 1.62. The van der Waals surface area contributed by atoms with Crippen molar-refractivity contribution in [2.75, 3.05) is 26.2 Å². The number of aryl methyl sites for hydroxylation is 1. The molecule has 6 heteroatoms. The maximum absolute atomic E-state index is 13.3. The number of nitrogens with zero attached hydrogens (tertiary/aromatic N) is 1. The molecule has 1 N–H and O–H groups in total. The molecule has 1 heterocycles. The Hall–Kier alpha value is -1.76. The molecule has 0 amide bonds. The van der Waals surface area contributed by atoms with Crippen LogP contribution in [0.1, 0.15) is 11.1 Å². The van der Waals surface area contributed by atoms with E-state index in [2.05, 4.69) is 0 Å². The van der Waals surface area contributed by atoms with Crippen LogP contribution in [0.25, 0.3) is 0 Å². The van der Waals surface area contributed by atoms with Crippen LogP contribution in [0.2, 0.25) is 0 Å². The molecule has 128 valence electrons. The highest BCUT2D eigenvalue weighted by molar-refractivity contribution is 7.89. The van der Waals surface area contributed by atoms with Crippen LogP contribution in [-0.2, 0) is 16.6 Å². The third kappa shape index (κ3) is 3.83. The Morgan fingerprint density at radius 2 is 1.75 bits per heavy atom. The van der Waals surface area contributed by atoms with Gasteiger partial charge in [0, 0.05) is 5.56 Å². The number of hydrogen-bond donors (Lipinski definition) is 1. The fourth-order valence-corrected chi connectivity index (χ4v) is 4.46. The number of rotatable bonds is 4. The highest BCUT2D eigenvalue weighted by Crippen LogP contribution is 2.16. The van der Waals surface area contributed by atoms with Gasteiger partial charge >= 0.3 is 0 Å². The maximum atomic E-state index is 13.3. The largest absolute Gasteiger partial charge is 0.329 e. The van der Waals surface area contributed by atoms with Gasteiger partial charge in [0.1, 0.15) is 12.4 Å². The second-order valence-electron chi connectivity index (χ2n) is 6.27. The number of halogens is 1. The molecule has 24 heavy (non-hydrogen) atoms. The maximum Gasteiger partial charge on any atom is 0.243 e. The second kappa shape index (κ2) is 7.01. The van der Waals surface area contributed by atoms with Gasteiger partial charge in [0.2, 0.25) is 10.0 Å². The molecule has 1 aliphatic heterocycles. The van der Waals surface area contributed by atoms with Gasteiger partial charge in [0.05, 0.1) is 31.1 Å². The first kappa shape index (κ1) is 17.1. The van der Waals surface area contributed by atoms with E-state index in [1.54, 1.807) is 28.6 Å². The van der Waals surface area contributed by atoms with Gasteiger partial charge in [0.15, 0.2) is 0 Å². The van der Waals surface area contributed by atoms with Gasteiger partial charge in [-0.15, -0.1) is 0 Å². The minimum atomic E-state index is -3.42. The van der Waals surface area contributed by atoms with Crippen LogP contribution in [0.5, 0.6) is 0 Å². The molecule has 1 fully saturated rings. The van der Waals surface area contributed by atoms with E-state index in [0.717, 1.165) is 30.8 Å². The number of benzene rings is 2. The Kier molecular flexibility index (Phi) is 4.99. The van der Waals surface area contributed by atoms with Crippen LogP contribution in [0.4, 0.5) is 4.39 Å². The number of hydrogen-bond acceptors (Lipinski definition) is 2. The van der Waals surface area contributed by atoms with Crippen LogP contribution in [0.3, 0.4) is 0 Å². The number of sulfonamides is 1. The molecule has 1 saturated heterocycles. The molecule has 0 unspecified atom stereocenters. The van der Waals surface area contributed by atoms with Crippen LogP contribution in [0.15, 0.2) is 53.4 Å². The number of nitrogens with one attached hydrogen (secondary N) is 1. The first-order valence-electron chi connectivity index (χ1n) is 8.10. The van der Waals surface area contributed by atoms with Crippen molar-refractivity contribution in [3.8, 4) is 0 Å². The van der Waals surface area contributed by atoms with E-state index in [0.29, 0.717) is 18.0 Å². The Morgan fingerprint density at radius 3 is 2.38 bits per heavy atom. The molecule has 0 spiro atoms. The zero-order valence-corrected chi connectivity index (χ0v) is 14.5. The second-order valence-corrected chi connectivity index (χ2v) is 8.21. The number of piperazine rings is 1. The lowest BCUT2D eigenvalue weighted by Gasteiger charge is -2.31. The molecular formula is C18H22FN2O2S+. The molecular weight excluding hydrogens is 327 g/mol. The molecule has 0 radical (unpaired) electrons. The minimum Gasteiger partial charge on any atom is -0.329 e. The van der Waals surface area contributed by atoms with Gasteiger partial charge in [0.25, 0.3) is 0 Å². The van der Waals surface area contributed by atoms with Gasteiger partial charge in [-0.1, -0.05) is 29.8 Å². The lowest BCUT2D eigenvalue weighted by atomic mass is 10.2. The fourth-order valence-electron chi connectivity index (χ4n) is 3.01. The van der Waals surface area contributed by atoms with Crippen LogP contribution < -0.4 is 4.90 Å². The van der Waals surface area contributed by atoms with Crippen LogP contribution in [-0.4, -0.2) is 38.9 Å². The Labute approximate surface area is 142 Å². The van der Waals surface area contributed by atoms with Gasteiger partial charge in [-0.2, -0.15) is 4.31 Å². The van der Waals surface area contributed by atoms with Crippen molar-refractivity contribution in [3.63, 3.8) is 0 Å². The third-order valence-electron chi connectivity index (χ3n) is 4.43. The summed E-state index contributed by atoms with van der Waals surface area (Å²) < 4.78 is 40.2. The normalized spacial score (nSPS) is 17.1. The average Bonchev–Trinajstić information content (AvgIpc) is 2.56. The zero-order valence-electron chi connectivity index (χ0n) is 13.7. The monoisotopic (exact) mass is 349 g/mol. The fraction of sp³-hybridized carbons (Fsp3) is 0.333. The summed E-state index contributed by atoms with van der Waals surface area (Å²) in [5.41, 5.74) is 1.98. The Balaban J connectivity index is 1.63. The van der Waals surface area contributed by atoms with Gasteiger partial charge in [-0.05, 0) is 31.2 Å². The zero-order chi connectivity index (χ0) is 17.2. The summed E-state index contributed by atoms with van der Waals surface area (Å²) in [6.45, 7) is 5.08. The lowest BCUT2D eigenvalue weighted by Crippen LogP contribution is -3.13. The molecule has 0 saturated carbocycles. The predicted octanol–water partition coefficient (Wildman–Crippen LogP) is 1.22. The van der Waals surface area contributed by atoms with Gasteiger partial charge in [-0.3, -0.25) is 0 Å². The van der Waals surface area contributed by atoms with Crippen molar-refractivity contribution in [2.45, 2.75) is 18.4 Å². The SMILES string of the molecule is Cc1ccc(S(=O)(=O)N2CC[NH+](Cc3cccc(F)c3)CC2)cc1. The smallest absolute Gasteiger partial charge is 0.243 e. The first-order chi connectivity index (χ1) is 11.4. The first-order valence-corrected chi connectivity index (χ1v) is 9.54. The molecule has 0 aromatic heterocycles. The van der Waals surface area contributed by atoms with Crippen LogP contribution in [0, 0.1) is 12.7 Å². The predicted molar refractivity (Wildman–Crippen MR) is 90.7 cm³/mol. The summed E-state index contributed by atoms with van der Waals surface area (Å²) in [6, 6.07) is 13.6. The quantitative estimate of drug-likeness (QED) is 0.902. The van der Waals surface area contributed by atoms with E-state index in [1.807, 2.05) is 25.1 Å². The minimum absolute atomic E-state index is 0.229. The van der Waals surface area contributed by atoms with E-state index < -0.39 is 10.0 Å². The Bertz CT molecular complexity index is 798. The standard InChI is InChI=1S/C18H21FN2O2S/c1-15-5-7-18(8-6-15)24(22,23)21-11-9-20(10-12-21)14-16-3-2-4-17(19)13-16/h2-8,13H,9-12,14H2,1H3/p+1. The van der Waals surface area contributed by atoms with E-state index in [1.165, 1.54) is 11.0 Å². The lowest BCUT2D eigenvalue weighted by molar-refractivity contribution is -0.917. The summed E-state index contributed by atoms with van der Waals surface area (Å²) >= 11 is 0. The Morgan fingerprint density at radius 1 is 1.08 bits per heavy atom. The summed E-state index contributed by atoms with van der Waals surface area (Å²) in [5, 5.41) is 0. The average molecular weight is 349 g/mol. The summed E-state index contributed by atoms with van der Waals surface area (Å²) in [5.74, 6) is -0.229. The van der Waals surface area contributed by atoms with Crippen molar-refractivity contribution >= 4 is 10.0 Å². The highest BCUT2D eigenvalue weighted by atomic mass is 32.2. The molecule has 0 bridgehead atoms. The van der Waals surface area contributed by atoms with Crippen LogP contribution >= 0.6 is 0 Å². The van der Waals surface area contributed by atoms with Crippen molar-refractivity contribution < 1.29 is 17.7 Å². The molecule has 0 atom stereocenters. The topological polar surface area (TPSA) is 41.8 Å². The van der Waals surface area contributed by atoms with E-state index in [4.69, 9.17) is 0 Å². The molecule has 2 aromatic carbocycles. The molecule has 4 nitrogen and oxygen atoms in total. The van der Waals surface area contributed by atoms with Gasteiger partial charge < -0.3 is 4.90 Å². The van der Waals surface area contributed by atoms with Crippen molar-refractivity contribution in [1.82, 2.24) is 4.31 Å². The van der Waals surface area contributed by atoms with Crippen molar-refractivity contribution in [1.29, 1.82) is 0 Å². The summed E-state index contributed by atoms with van der Waals surface area (Å²) in [7, 11) is -3.42.